The topological polar surface area (TPSA) is 42.0 Å². The van der Waals surface area contributed by atoms with Crippen molar-refractivity contribution in [2.75, 3.05) is 5.32 Å². The first-order valence-electron chi connectivity index (χ1n) is 7.56. The van der Waals surface area contributed by atoms with Crippen LogP contribution < -0.4 is 5.32 Å². The van der Waals surface area contributed by atoms with E-state index in [0.29, 0.717) is 17.4 Å². The van der Waals surface area contributed by atoms with E-state index in [1.54, 1.807) is 0 Å². The molecule has 1 aromatic carbocycles. The zero-order valence-corrected chi connectivity index (χ0v) is 15.2. The van der Waals surface area contributed by atoms with Gasteiger partial charge < -0.3 is 5.32 Å². The molecule has 0 fully saturated rings. The van der Waals surface area contributed by atoms with Crippen LogP contribution in [0.15, 0.2) is 30.5 Å². The number of nitrogens with one attached hydrogen (secondary N) is 1. The molecule has 0 aliphatic carbocycles. The van der Waals surface area contributed by atoms with Gasteiger partial charge in [-0.3, -0.25) is 4.79 Å². The Morgan fingerprint density at radius 2 is 1.65 bits per heavy atom. The first kappa shape index (κ1) is 17.8. The van der Waals surface area contributed by atoms with E-state index in [1.165, 1.54) is 12.3 Å². The average Bonchev–Trinajstić information content (AvgIpc) is 2.49. The SMILES string of the molecule is CC(C)c1cccc(C(C)C)c1NC(=O)c1cnc(Cl)c(Cl)c1. The number of benzene rings is 1. The molecule has 3 nitrogen and oxygen atoms in total. The predicted octanol–water partition coefficient (Wildman–Crippen LogP) is 5.89. The van der Waals surface area contributed by atoms with Crippen molar-refractivity contribution in [1.29, 1.82) is 0 Å². The number of amides is 1. The molecule has 0 saturated heterocycles. The van der Waals surface area contributed by atoms with Crippen LogP contribution in [0.1, 0.15) is 61.0 Å². The maximum atomic E-state index is 12.6. The molecule has 2 aromatic rings. The van der Waals surface area contributed by atoms with Crippen LogP contribution in [0.3, 0.4) is 0 Å². The molecule has 0 aliphatic rings. The molecule has 1 N–H and O–H groups in total. The number of carbonyl (C=O) groups is 1. The Balaban J connectivity index is 2.41. The lowest BCUT2D eigenvalue weighted by Gasteiger charge is -2.20. The van der Waals surface area contributed by atoms with Crippen molar-refractivity contribution in [1.82, 2.24) is 4.98 Å². The summed E-state index contributed by atoms with van der Waals surface area (Å²) in [5.41, 5.74) is 3.47. The third-order valence-corrected chi connectivity index (χ3v) is 4.36. The highest BCUT2D eigenvalue weighted by Crippen LogP contribution is 2.32. The Hall–Kier alpha value is -1.58. The van der Waals surface area contributed by atoms with Crippen LogP contribution in [-0.2, 0) is 0 Å². The highest BCUT2D eigenvalue weighted by atomic mass is 35.5. The average molecular weight is 351 g/mol. The van der Waals surface area contributed by atoms with Gasteiger partial charge in [0.25, 0.3) is 5.91 Å². The molecule has 1 aromatic heterocycles. The highest BCUT2D eigenvalue weighted by molar-refractivity contribution is 6.41. The Labute approximate surface area is 147 Å². The van der Waals surface area contributed by atoms with Crippen LogP contribution in [0, 0.1) is 0 Å². The van der Waals surface area contributed by atoms with Gasteiger partial charge in [-0.05, 0) is 29.0 Å². The summed E-state index contributed by atoms with van der Waals surface area (Å²) in [6.07, 6.45) is 1.43. The van der Waals surface area contributed by atoms with Gasteiger partial charge in [-0.15, -0.1) is 0 Å². The highest BCUT2D eigenvalue weighted by Gasteiger charge is 2.17. The van der Waals surface area contributed by atoms with E-state index in [1.807, 2.05) is 18.2 Å². The number of hydrogen-bond donors (Lipinski definition) is 1. The lowest BCUT2D eigenvalue weighted by atomic mass is 9.92. The van der Waals surface area contributed by atoms with Gasteiger partial charge in [-0.1, -0.05) is 69.1 Å². The van der Waals surface area contributed by atoms with Crippen LogP contribution in [0.5, 0.6) is 0 Å². The third kappa shape index (κ3) is 4.04. The lowest BCUT2D eigenvalue weighted by molar-refractivity contribution is 0.102. The maximum Gasteiger partial charge on any atom is 0.257 e. The van der Waals surface area contributed by atoms with E-state index in [4.69, 9.17) is 23.2 Å². The molecule has 122 valence electrons. The molecule has 0 radical (unpaired) electrons. The minimum atomic E-state index is -0.244. The van der Waals surface area contributed by atoms with Gasteiger partial charge in [-0.2, -0.15) is 0 Å². The van der Waals surface area contributed by atoms with E-state index in [-0.39, 0.29) is 16.1 Å². The zero-order valence-electron chi connectivity index (χ0n) is 13.7. The summed E-state index contributed by atoms with van der Waals surface area (Å²) in [4.78, 5) is 16.5. The maximum absolute atomic E-state index is 12.6. The fourth-order valence-electron chi connectivity index (χ4n) is 2.43. The third-order valence-electron chi connectivity index (χ3n) is 3.67. The number of rotatable bonds is 4. The largest absolute Gasteiger partial charge is 0.321 e. The molecule has 23 heavy (non-hydrogen) atoms. The summed E-state index contributed by atoms with van der Waals surface area (Å²) in [5.74, 6) is 0.359. The molecule has 1 amide bonds. The van der Waals surface area contributed by atoms with E-state index in [2.05, 4.69) is 38.0 Å². The fraction of sp³-hybridized carbons (Fsp3) is 0.333. The molecule has 0 spiro atoms. The predicted molar refractivity (Wildman–Crippen MR) is 96.8 cm³/mol. The second kappa shape index (κ2) is 7.33. The van der Waals surface area contributed by atoms with Crippen LogP contribution in [0.4, 0.5) is 5.69 Å². The molecule has 0 aliphatic heterocycles. The van der Waals surface area contributed by atoms with Crippen molar-refractivity contribution in [3.05, 3.63) is 57.3 Å². The van der Waals surface area contributed by atoms with Gasteiger partial charge in [0.05, 0.1) is 10.6 Å². The second-order valence-electron chi connectivity index (χ2n) is 6.07. The van der Waals surface area contributed by atoms with Crippen LogP contribution in [0.25, 0.3) is 0 Å². The Morgan fingerprint density at radius 3 is 2.13 bits per heavy atom. The van der Waals surface area contributed by atoms with Crippen molar-refractivity contribution in [3.8, 4) is 0 Å². The number of para-hydroxylation sites is 1. The number of aromatic nitrogens is 1. The quantitative estimate of drug-likeness (QED) is 0.698. The van der Waals surface area contributed by atoms with Gasteiger partial charge in [0.15, 0.2) is 0 Å². The first-order chi connectivity index (χ1) is 10.8. The number of carbonyl (C=O) groups excluding carboxylic acids is 1. The van der Waals surface area contributed by atoms with Crippen molar-refractivity contribution >= 4 is 34.8 Å². The van der Waals surface area contributed by atoms with E-state index < -0.39 is 0 Å². The van der Waals surface area contributed by atoms with E-state index >= 15 is 0 Å². The Morgan fingerprint density at radius 1 is 1.09 bits per heavy atom. The molecule has 0 unspecified atom stereocenters. The summed E-state index contributed by atoms with van der Waals surface area (Å²) in [6, 6.07) is 7.64. The fourth-order valence-corrected chi connectivity index (χ4v) is 2.70. The molecule has 0 atom stereocenters. The molecular formula is C18H20Cl2N2O. The Bertz CT molecular complexity index is 701. The van der Waals surface area contributed by atoms with Gasteiger partial charge in [0.2, 0.25) is 0 Å². The summed E-state index contributed by atoms with van der Waals surface area (Å²) in [6.45, 7) is 8.43. The summed E-state index contributed by atoms with van der Waals surface area (Å²) in [5, 5.41) is 3.48. The second-order valence-corrected chi connectivity index (χ2v) is 6.84. The monoisotopic (exact) mass is 350 g/mol. The number of pyridine rings is 1. The smallest absolute Gasteiger partial charge is 0.257 e. The molecule has 1 heterocycles. The summed E-state index contributed by atoms with van der Waals surface area (Å²) < 4.78 is 0. The lowest BCUT2D eigenvalue weighted by Crippen LogP contribution is -2.16. The molecule has 0 saturated carbocycles. The zero-order chi connectivity index (χ0) is 17.1. The number of hydrogen-bond acceptors (Lipinski definition) is 2. The molecule has 0 bridgehead atoms. The van der Waals surface area contributed by atoms with Crippen molar-refractivity contribution < 1.29 is 4.79 Å². The molecule has 2 rings (SSSR count). The van der Waals surface area contributed by atoms with E-state index in [9.17, 15) is 4.79 Å². The number of nitrogens with zero attached hydrogens (tertiary/aromatic N) is 1. The van der Waals surface area contributed by atoms with E-state index in [0.717, 1.165) is 16.8 Å². The minimum Gasteiger partial charge on any atom is -0.321 e. The molecule has 5 heteroatoms. The van der Waals surface area contributed by atoms with Gasteiger partial charge in [-0.25, -0.2) is 4.98 Å². The normalized spacial score (nSPS) is 11.1. The van der Waals surface area contributed by atoms with Gasteiger partial charge in [0, 0.05) is 11.9 Å². The van der Waals surface area contributed by atoms with Crippen LogP contribution >= 0.6 is 23.2 Å². The summed E-state index contributed by atoms with van der Waals surface area (Å²) >= 11 is 11.8. The number of anilines is 1. The van der Waals surface area contributed by atoms with Crippen molar-refractivity contribution in [2.24, 2.45) is 0 Å². The van der Waals surface area contributed by atoms with Gasteiger partial charge >= 0.3 is 0 Å². The van der Waals surface area contributed by atoms with Crippen LogP contribution in [0.2, 0.25) is 10.2 Å². The molecular weight excluding hydrogens is 331 g/mol. The van der Waals surface area contributed by atoms with Crippen LogP contribution in [-0.4, -0.2) is 10.9 Å². The number of halogens is 2. The first-order valence-corrected chi connectivity index (χ1v) is 8.32. The summed E-state index contributed by atoms with van der Waals surface area (Å²) in [7, 11) is 0. The Kier molecular flexibility index (Phi) is 5.66. The van der Waals surface area contributed by atoms with Crippen molar-refractivity contribution in [3.63, 3.8) is 0 Å². The minimum absolute atomic E-state index is 0.189. The van der Waals surface area contributed by atoms with Gasteiger partial charge in [0.1, 0.15) is 5.15 Å². The van der Waals surface area contributed by atoms with Crippen molar-refractivity contribution in [2.45, 2.75) is 39.5 Å². The standard InChI is InChI=1S/C18H20Cl2N2O/c1-10(2)13-6-5-7-14(11(3)4)16(13)22-18(23)12-8-15(19)17(20)21-9-12/h5-11H,1-4H3,(H,22,23).